The molecule has 0 saturated carbocycles. The molecule has 0 spiro atoms. The Morgan fingerprint density at radius 1 is 1.16 bits per heavy atom. The van der Waals surface area contributed by atoms with Crippen LogP contribution in [-0.2, 0) is 10.9 Å². The van der Waals surface area contributed by atoms with Gasteiger partial charge < -0.3 is 14.1 Å². The molecule has 1 aromatic heterocycles. The van der Waals surface area contributed by atoms with Gasteiger partial charge in [0.2, 0.25) is 5.89 Å². The fraction of sp³-hybridized carbons (Fsp3) is 0.438. The number of ether oxygens (including phenoxy) is 1. The van der Waals surface area contributed by atoms with Crippen molar-refractivity contribution in [2.45, 2.75) is 18.5 Å². The monoisotopic (exact) mass is 352 g/mol. The summed E-state index contributed by atoms with van der Waals surface area (Å²) in [5, 5.41) is 8.19. The fourth-order valence-electron chi connectivity index (χ4n) is 2.99. The van der Waals surface area contributed by atoms with Crippen molar-refractivity contribution >= 4 is 23.1 Å². The minimum absolute atomic E-state index is 0.189. The summed E-state index contributed by atoms with van der Waals surface area (Å²) >= 11 is 0. The van der Waals surface area contributed by atoms with Gasteiger partial charge in [0, 0.05) is 25.7 Å². The number of halogens is 3. The fourth-order valence-corrected chi connectivity index (χ4v) is 2.99. The Morgan fingerprint density at radius 3 is 2.72 bits per heavy atom. The number of aromatic nitrogens is 1. The van der Waals surface area contributed by atoms with Gasteiger partial charge in [0.1, 0.15) is 17.3 Å². The molecule has 1 fully saturated rings. The van der Waals surface area contributed by atoms with Crippen LogP contribution < -0.4 is 0 Å². The lowest BCUT2D eigenvalue weighted by atomic mass is 10.0. The maximum atomic E-state index is 12.9. The predicted octanol–water partition coefficient (Wildman–Crippen LogP) is 3.05. The van der Waals surface area contributed by atoms with Crippen LogP contribution in [0.2, 0.25) is 0 Å². The van der Waals surface area contributed by atoms with E-state index in [0.29, 0.717) is 50.0 Å². The molecule has 4 rings (SSSR count). The molecule has 0 amide bonds. The molecule has 2 aromatic rings. The van der Waals surface area contributed by atoms with E-state index in [4.69, 9.17) is 9.15 Å². The van der Waals surface area contributed by atoms with Gasteiger partial charge in [0.25, 0.3) is 0 Å². The molecule has 0 radical (unpaired) electrons. The van der Waals surface area contributed by atoms with E-state index in [2.05, 4.69) is 20.1 Å². The van der Waals surface area contributed by atoms with Crippen molar-refractivity contribution in [1.29, 1.82) is 0 Å². The smallest absolute Gasteiger partial charge is 0.416 e. The molecule has 2 aliphatic rings. The normalized spacial score (nSPS) is 21.6. The second-order valence-electron chi connectivity index (χ2n) is 5.88. The highest BCUT2D eigenvalue weighted by atomic mass is 19.4. The summed E-state index contributed by atoms with van der Waals surface area (Å²) in [6, 6.07) is 3.30. The second-order valence-corrected chi connectivity index (χ2v) is 5.88. The minimum atomic E-state index is -4.41. The summed E-state index contributed by atoms with van der Waals surface area (Å²) < 4.78 is 49.7. The second kappa shape index (κ2) is 6.14. The van der Waals surface area contributed by atoms with Crippen molar-refractivity contribution < 1.29 is 22.3 Å². The predicted molar refractivity (Wildman–Crippen MR) is 84.7 cm³/mol. The van der Waals surface area contributed by atoms with E-state index >= 15 is 0 Å². The van der Waals surface area contributed by atoms with E-state index in [-0.39, 0.29) is 11.4 Å². The highest BCUT2D eigenvalue weighted by Crippen LogP contribution is 2.33. The molecular formula is C16H15F3N4O2. The average molecular weight is 352 g/mol. The van der Waals surface area contributed by atoms with E-state index in [1.807, 2.05) is 0 Å². The van der Waals surface area contributed by atoms with Gasteiger partial charge in [-0.15, -0.1) is 5.10 Å². The van der Waals surface area contributed by atoms with Gasteiger partial charge >= 0.3 is 6.18 Å². The highest BCUT2D eigenvalue weighted by Gasteiger charge is 2.33. The molecule has 2 aliphatic heterocycles. The average Bonchev–Trinajstić information content (AvgIpc) is 3.05. The summed E-state index contributed by atoms with van der Waals surface area (Å²) in [6.07, 6.45) is -2.22. The zero-order valence-corrected chi connectivity index (χ0v) is 13.2. The summed E-state index contributed by atoms with van der Waals surface area (Å²) in [4.78, 5) is 6.34. The molecule has 6 nitrogen and oxygen atoms in total. The summed E-state index contributed by atoms with van der Waals surface area (Å²) in [5.74, 6) is 0.802. The van der Waals surface area contributed by atoms with Crippen LogP contribution in [0, 0.1) is 0 Å². The molecule has 0 N–H and O–H groups in total. The van der Waals surface area contributed by atoms with Crippen LogP contribution in [0.5, 0.6) is 0 Å². The van der Waals surface area contributed by atoms with Crippen LogP contribution in [0.3, 0.4) is 0 Å². The lowest BCUT2D eigenvalue weighted by Gasteiger charge is -2.32. The molecule has 1 saturated heterocycles. The Labute approximate surface area is 141 Å². The quantitative estimate of drug-likeness (QED) is 0.791. The molecular weight excluding hydrogens is 337 g/mol. The first-order chi connectivity index (χ1) is 12.0. The van der Waals surface area contributed by atoms with Gasteiger partial charge in [-0.25, -0.2) is 4.98 Å². The molecule has 1 unspecified atom stereocenters. The Hall–Kier alpha value is -2.42. The van der Waals surface area contributed by atoms with E-state index in [9.17, 15) is 13.2 Å². The largest absolute Gasteiger partial charge is 0.440 e. The van der Waals surface area contributed by atoms with Crippen molar-refractivity contribution in [1.82, 2.24) is 9.88 Å². The first-order valence-corrected chi connectivity index (χ1v) is 7.92. The van der Waals surface area contributed by atoms with Crippen LogP contribution in [0.25, 0.3) is 11.1 Å². The molecule has 3 heterocycles. The number of oxazole rings is 1. The van der Waals surface area contributed by atoms with Gasteiger partial charge in [0.15, 0.2) is 5.58 Å². The third-order valence-corrected chi connectivity index (χ3v) is 4.26. The first kappa shape index (κ1) is 16.1. The number of alkyl halides is 3. The number of hydrogen-bond acceptors (Lipinski definition) is 6. The number of amidine groups is 1. The van der Waals surface area contributed by atoms with Gasteiger partial charge in [-0.2, -0.15) is 18.3 Å². The maximum Gasteiger partial charge on any atom is 0.416 e. The topological polar surface area (TPSA) is 63.2 Å². The number of benzene rings is 1. The van der Waals surface area contributed by atoms with Crippen LogP contribution in [0.15, 0.2) is 32.8 Å². The van der Waals surface area contributed by atoms with Gasteiger partial charge in [-0.05, 0) is 18.2 Å². The summed E-state index contributed by atoms with van der Waals surface area (Å²) in [7, 11) is 0. The number of rotatable bonds is 1. The lowest BCUT2D eigenvalue weighted by molar-refractivity contribution is -0.137. The van der Waals surface area contributed by atoms with Gasteiger partial charge in [-0.1, -0.05) is 0 Å². The number of morpholine rings is 1. The van der Waals surface area contributed by atoms with Crippen LogP contribution >= 0.6 is 0 Å². The SMILES string of the molecule is FC(F)(F)c1ccc2oc(C3CC=NN=C3N3CCOCC3)nc2c1. The maximum absolute atomic E-state index is 12.9. The molecule has 0 aliphatic carbocycles. The zero-order chi connectivity index (χ0) is 17.4. The number of fused-ring (bicyclic) bond motifs is 1. The molecule has 25 heavy (non-hydrogen) atoms. The molecule has 0 bridgehead atoms. The van der Waals surface area contributed by atoms with Crippen LogP contribution in [0.1, 0.15) is 23.8 Å². The number of hydrogen-bond donors (Lipinski definition) is 0. The minimum Gasteiger partial charge on any atom is -0.440 e. The van der Waals surface area contributed by atoms with Crippen LogP contribution in [-0.4, -0.2) is 48.2 Å². The third kappa shape index (κ3) is 3.11. The summed E-state index contributed by atoms with van der Waals surface area (Å²) in [5.41, 5.74) is -0.229. The molecule has 1 atom stereocenters. The number of nitrogens with zero attached hydrogens (tertiary/aromatic N) is 4. The highest BCUT2D eigenvalue weighted by molar-refractivity contribution is 5.92. The summed E-state index contributed by atoms with van der Waals surface area (Å²) in [6.45, 7) is 2.56. The zero-order valence-electron chi connectivity index (χ0n) is 13.2. The standard InChI is InChI=1S/C16H15F3N4O2/c17-16(18,19)10-1-2-13-12(9-10)21-15(25-13)11-3-4-20-22-14(11)23-5-7-24-8-6-23/h1-2,4,9,11H,3,5-8H2. The first-order valence-electron chi connectivity index (χ1n) is 7.92. The van der Waals surface area contributed by atoms with E-state index in [0.717, 1.165) is 12.1 Å². The molecule has 1 aromatic carbocycles. The van der Waals surface area contributed by atoms with E-state index < -0.39 is 11.7 Å². The van der Waals surface area contributed by atoms with E-state index in [1.54, 1.807) is 6.21 Å². The van der Waals surface area contributed by atoms with Crippen molar-refractivity contribution in [3.05, 3.63) is 29.7 Å². The molecule has 132 valence electrons. The lowest BCUT2D eigenvalue weighted by Crippen LogP contribution is -2.43. The Morgan fingerprint density at radius 2 is 1.96 bits per heavy atom. The Kier molecular flexibility index (Phi) is 3.95. The van der Waals surface area contributed by atoms with Crippen molar-refractivity contribution in [2.24, 2.45) is 10.2 Å². The van der Waals surface area contributed by atoms with Gasteiger partial charge in [0.05, 0.1) is 18.8 Å². The molecule has 9 heteroatoms. The van der Waals surface area contributed by atoms with Crippen molar-refractivity contribution in [3.8, 4) is 0 Å². The Bertz CT molecular complexity index is 838. The van der Waals surface area contributed by atoms with Gasteiger partial charge in [-0.3, -0.25) is 0 Å². The van der Waals surface area contributed by atoms with Crippen molar-refractivity contribution in [3.63, 3.8) is 0 Å². The van der Waals surface area contributed by atoms with Crippen LogP contribution in [0.4, 0.5) is 13.2 Å². The Balaban J connectivity index is 1.68. The third-order valence-electron chi connectivity index (χ3n) is 4.26. The van der Waals surface area contributed by atoms with Crippen molar-refractivity contribution in [2.75, 3.05) is 26.3 Å². The van der Waals surface area contributed by atoms with E-state index in [1.165, 1.54) is 6.07 Å².